The molecule has 0 saturated heterocycles. The van der Waals surface area contributed by atoms with Crippen LogP contribution in [0.4, 0.5) is 5.69 Å². The number of amidine groups is 1. The molecule has 0 atom stereocenters. The number of nitrogen functional groups attached to an aromatic ring is 1. The summed E-state index contributed by atoms with van der Waals surface area (Å²) in [5.74, 6) is -0.261. The van der Waals surface area contributed by atoms with Crippen molar-refractivity contribution in [3.05, 3.63) is 54.1 Å². The highest BCUT2D eigenvalue weighted by atomic mass is 16.5. The third kappa shape index (κ3) is 7.24. The molecule has 0 spiro atoms. The Bertz CT molecular complexity index is 883. The fraction of sp³-hybridized carbons (Fsp3) is 0.400. The van der Waals surface area contributed by atoms with Crippen LogP contribution >= 0.6 is 0 Å². The van der Waals surface area contributed by atoms with E-state index < -0.39 is 0 Å². The Morgan fingerprint density at radius 2 is 1.48 bits per heavy atom. The van der Waals surface area contributed by atoms with Gasteiger partial charge in [0.2, 0.25) is 5.91 Å². The molecule has 6 nitrogen and oxygen atoms in total. The normalized spacial score (nSPS) is 14.5. The molecule has 2 aromatic carbocycles. The lowest BCUT2D eigenvalue weighted by atomic mass is 10.0. The lowest BCUT2D eigenvalue weighted by Crippen LogP contribution is -2.18. The smallest absolute Gasteiger partial charge is 0.306 e. The molecule has 0 bridgehead atoms. The molecule has 31 heavy (non-hydrogen) atoms. The van der Waals surface area contributed by atoms with Gasteiger partial charge in [0.15, 0.2) is 0 Å². The van der Waals surface area contributed by atoms with Gasteiger partial charge in [-0.1, -0.05) is 49.2 Å². The lowest BCUT2D eigenvalue weighted by molar-refractivity contribution is -0.149. The molecule has 0 unspecified atom stereocenters. The second-order valence-corrected chi connectivity index (χ2v) is 8.07. The molecule has 1 amide bonds. The average Bonchev–Trinajstić information content (AvgIpc) is 3.03. The van der Waals surface area contributed by atoms with E-state index in [1.807, 2.05) is 48.5 Å². The SMILES string of the molecule is N=C(N)c1ccc(-c2ccc(NC(=O)CCCC(=O)OC3CCCCCC3)cc2)cc1. The zero-order valence-corrected chi connectivity index (χ0v) is 17.9. The van der Waals surface area contributed by atoms with Crippen LogP contribution in [0, 0.1) is 5.41 Å². The summed E-state index contributed by atoms with van der Waals surface area (Å²) in [6.07, 6.45) is 7.73. The van der Waals surface area contributed by atoms with Crippen LogP contribution in [0.5, 0.6) is 0 Å². The number of nitrogens with two attached hydrogens (primary N) is 1. The fourth-order valence-corrected chi connectivity index (χ4v) is 3.81. The van der Waals surface area contributed by atoms with Gasteiger partial charge in [-0.3, -0.25) is 15.0 Å². The molecule has 1 saturated carbocycles. The number of hydrogen-bond acceptors (Lipinski definition) is 4. The number of hydrogen-bond donors (Lipinski definition) is 3. The molecular weight excluding hydrogens is 390 g/mol. The van der Waals surface area contributed by atoms with Crippen molar-refractivity contribution in [3.63, 3.8) is 0 Å². The van der Waals surface area contributed by atoms with E-state index in [0.717, 1.165) is 42.5 Å². The number of esters is 1. The van der Waals surface area contributed by atoms with Gasteiger partial charge >= 0.3 is 5.97 Å². The summed E-state index contributed by atoms with van der Waals surface area (Å²) < 4.78 is 5.56. The number of nitrogens with one attached hydrogen (secondary N) is 2. The predicted molar refractivity (Wildman–Crippen MR) is 123 cm³/mol. The van der Waals surface area contributed by atoms with Gasteiger partial charge in [0.25, 0.3) is 0 Å². The summed E-state index contributed by atoms with van der Waals surface area (Å²) in [6.45, 7) is 0. The van der Waals surface area contributed by atoms with Gasteiger partial charge in [-0.15, -0.1) is 0 Å². The van der Waals surface area contributed by atoms with Crippen LogP contribution in [0.2, 0.25) is 0 Å². The molecule has 1 aliphatic carbocycles. The molecule has 0 aliphatic heterocycles. The zero-order chi connectivity index (χ0) is 22.1. The summed E-state index contributed by atoms with van der Waals surface area (Å²) in [5.41, 5.74) is 8.91. The molecule has 0 aromatic heterocycles. The number of amides is 1. The minimum absolute atomic E-state index is 0.0438. The summed E-state index contributed by atoms with van der Waals surface area (Å²) in [4.78, 5) is 24.2. The van der Waals surface area contributed by atoms with Gasteiger partial charge in [-0.05, 0) is 55.4 Å². The predicted octanol–water partition coefficient (Wildman–Crippen LogP) is 5.01. The van der Waals surface area contributed by atoms with E-state index >= 15 is 0 Å². The topological polar surface area (TPSA) is 105 Å². The van der Waals surface area contributed by atoms with Gasteiger partial charge in [-0.25, -0.2) is 0 Å². The van der Waals surface area contributed by atoms with E-state index in [9.17, 15) is 9.59 Å². The summed E-state index contributed by atoms with van der Waals surface area (Å²) in [5, 5.41) is 10.3. The lowest BCUT2D eigenvalue weighted by Gasteiger charge is -2.15. The molecule has 1 fully saturated rings. The van der Waals surface area contributed by atoms with E-state index in [-0.39, 0.29) is 36.7 Å². The quantitative estimate of drug-likeness (QED) is 0.241. The molecule has 164 valence electrons. The number of rotatable bonds is 8. The minimum atomic E-state index is -0.195. The highest BCUT2D eigenvalue weighted by molar-refractivity contribution is 5.95. The second-order valence-electron chi connectivity index (χ2n) is 8.07. The molecule has 2 aromatic rings. The van der Waals surface area contributed by atoms with Crippen molar-refractivity contribution in [3.8, 4) is 11.1 Å². The number of anilines is 1. The molecular formula is C25H31N3O3. The van der Waals surface area contributed by atoms with E-state index in [0.29, 0.717) is 12.0 Å². The van der Waals surface area contributed by atoms with Crippen LogP contribution in [0.25, 0.3) is 11.1 Å². The minimum Gasteiger partial charge on any atom is -0.462 e. The van der Waals surface area contributed by atoms with Crippen molar-refractivity contribution in [2.24, 2.45) is 5.73 Å². The first-order valence-corrected chi connectivity index (χ1v) is 11.1. The van der Waals surface area contributed by atoms with Gasteiger partial charge < -0.3 is 15.8 Å². The Morgan fingerprint density at radius 1 is 0.903 bits per heavy atom. The van der Waals surface area contributed by atoms with Crippen molar-refractivity contribution in [1.29, 1.82) is 5.41 Å². The Labute approximate surface area is 183 Å². The van der Waals surface area contributed by atoms with Crippen LogP contribution in [-0.2, 0) is 14.3 Å². The molecule has 4 N–H and O–H groups in total. The number of benzene rings is 2. The van der Waals surface area contributed by atoms with Crippen LogP contribution in [0.1, 0.15) is 63.4 Å². The van der Waals surface area contributed by atoms with Crippen molar-refractivity contribution in [2.45, 2.75) is 63.9 Å². The Kier molecular flexibility index (Phi) is 8.21. The first-order chi connectivity index (χ1) is 15.0. The average molecular weight is 422 g/mol. The monoisotopic (exact) mass is 421 g/mol. The van der Waals surface area contributed by atoms with E-state index in [2.05, 4.69) is 5.32 Å². The van der Waals surface area contributed by atoms with E-state index in [1.54, 1.807) is 0 Å². The van der Waals surface area contributed by atoms with Crippen molar-refractivity contribution >= 4 is 23.4 Å². The van der Waals surface area contributed by atoms with Gasteiger partial charge in [-0.2, -0.15) is 0 Å². The Balaban J connectivity index is 1.41. The molecule has 0 heterocycles. The van der Waals surface area contributed by atoms with Crippen LogP contribution < -0.4 is 11.1 Å². The maximum absolute atomic E-state index is 12.2. The third-order valence-electron chi connectivity index (χ3n) is 5.58. The van der Waals surface area contributed by atoms with E-state index in [1.165, 1.54) is 12.8 Å². The maximum Gasteiger partial charge on any atom is 0.306 e. The van der Waals surface area contributed by atoms with Crippen molar-refractivity contribution in [2.75, 3.05) is 5.32 Å². The van der Waals surface area contributed by atoms with Crippen molar-refractivity contribution < 1.29 is 14.3 Å². The highest BCUT2D eigenvalue weighted by Gasteiger charge is 2.16. The second kappa shape index (κ2) is 11.3. The van der Waals surface area contributed by atoms with Crippen LogP contribution in [0.15, 0.2) is 48.5 Å². The first-order valence-electron chi connectivity index (χ1n) is 11.1. The number of ether oxygens (including phenoxy) is 1. The number of carbonyl (C=O) groups is 2. The van der Waals surface area contributed by atoms with Crippen molar-refractivity contribution in [1.82, 2.24) is 0 Å². The summed E-state index contributed by atoms with van der Waals surface area (Å²) >= 11 is 0. The first kappa shape index (κ1) is 22.5. The summed E-state index contributed by atoms with van der Waals surface area (Å²) in [6, 6.07) is 15.0. The number of carbonyl (C=O) groups excluding carboxylic acids is 2. The summed E-state index contributed by atoms with van der Waals surface area (Å²) in [7, 11) is 0. The van der Waals surface area contributed by atoms with E-state index in [4.69, 9.17) is 15.9 Å². The molecule has 3 rings (SSSR count). The standard InChI is InChI=1S/C25H31N3O3/c26-25(27)20-12-10-18(11-13-20)19-14-16-21(17-15-19)28-23(29)8-5-9-24(30)31-22-6-3-1-2-4-7-22/h10-17,22H,1-9H2,(H3,26,27)(H,28,29). The molecule has 6 heteroatoms. The zero-order valence-electron chi connectivity index (χ0n) is 17.9. The van der Waals surface area contributed by atoms with Gasteiger partial charge in [0, 0.05) is 24.1 Å². The van der Waals surface area contributed by atoms with Gasteiger partial charge in [0.1, 0.15) is 11.9 Å². The largest absolute Gasteiger partial charge is 0.462 e. The van der Waals surface area contributed by atoms with Crippen LogP contribution in [0.3, 0.4) is 0 Å². The molecule has 1 aliphatic rings. The molecule has 0 radical (unpaired) electrons. The Morgan fingerprint density at radius 3 is 2.06 bits per heavy atom. The maximum atomic E-state index is 12.2. The highest BCUT2D eigenvalue weighted by Crippen LogP contribution is 2.23. The fourth-order valence-electron chi connectivity index (χ4n) is 3.81. The van der Waals surface area contributed by atoms with Gasteiger partial charge in [0.05, 0.1) is 0 Å². The van der Waals surface area contributed by atoms with Crippen LogP contribution in [-0.4, -0.2) is 23.8 Å². The third-order valence-corrected chi connectivity index (χ3v) is 5.58. The Hall–Kier alpha value is -3.15.